The Labute approximate surface area is 80.7 Å². The van der Waals surface area contributed by atoms with Crippen LogP contribution in [0.3, 0.4) is 0 Å². The van der Waals surface area contributed by atoms with Crippen LogP contribution in [0.4, 0.5) is 5.82 Å². The van der Waals surface area contributed by atoms with Crippen molar-refractivity contribution in [2.24, 2.45) is 0 Å². The molecule has 0 saturated heterocycles. The van der Waals surface area contributed by atoms with E-state index < -0.39 is 5.97 Å². The summed E-state index contributed by atoms with van der Waals surface area (Å²) in [4.78, 5) is 14.6. The summed E-state index contributed by atoms with van der Waals surface area (Å²) < 4.78 is 5.35. The van der Waals surface area contributed by atoms with E-state index in [1.54, 1.807) is 0 Å². The predicted molar refractivity (Wildman–Crippen MR) is 49.8 cm³/mol. The lowest BCUT2D eigenvalue weighted by atomic mass is 10.2. The molecular weight excluding hydrogens is 184 g/mol. The van der Waals surface area contributed by atoms with Crippen molar-refractivity contribution in [1.29, 1.82) is 0 Å². The predicted octanol–water partition coefficient (Wildman–Crippen LogP) is 0.974. The van der Waals surface area contributed by atoms with Gasteiger partial charge in [-0.2, -0.15) is 0 Å². The lowest BCUT2D eigenvalue weighted by Gasteiger charge is -2.06. The van der Waals surface area contributed by atoms with Gasteiger partial charge in [0, 0.05) is 18.8 Å². The molecule has 2 N–H and O–H groups in total. The molecule has 1 aromatic rings. The molecule has 0 radical (unpaired) electrons. The Morgan fingerprint density at radius 2 is 2.50 bits per heavy atom. The van der Waals surface area contributed by atoms with Crippen molar-refractivity contribution < 1.29 is 14.6 Å². The van der Waals surface area contributed by atoms with E-state index in [1.165, 1.54) is 12.3 Å². The van der Waals surface area contributed by atoms with Gasteiger partial charge < -0.3 is 15.2 Å². The number of hydrogen-bond acceptors (Lipinski definition) is 4. The van der Waals surface area contributed by atoms with Crippen molar-refractivity contribution in [2.45, 2.75) is 6.42 Å². The third-order valence-electron chi connectivity index (χ3n) is 1.97. The fourth-order valence-electron chi connectivity index (χ4n) is 1.27. The molecule has 2 heterocycles. The van der Waals surface area contributed by atoms with Gasteiger partial charge in [-0.25, -0.2) is 9.78 Å². The molecule has 0 aromatic carbocycles. The normalized spacial score (nSPS) is 14.6. The summed E-state index contributed by atoms with van der Waals surface area (Å²) in [6.45, 7) is 1.39. The molecule has 0 bridgehead atoms. The lowest BCUT2D eigenvalue weighted by Crippen LogP contribution is -2.02. The first-order valence-electron chi connectivity index (χ1n) is 4.37. The van der Waals surface area contributed by atoms with E-state index in [2.05, 4.69) is 10.3 Å². The first-order valence-corrected chi connectivity index (χ1v) is 4.37. The van der Waals surface area contributed by atoms with Crippen molar-refractivity contribution >= 4 is 11.8 Å². The Balaban J connectivity index is 2.37. The standard InChI is InChI=1S/C9H10N2O3/c12-9(13)6-4-7-8(11-5-6)10-2-1-3-14-7/h4-5H,1-3H2,(H,10,11)(H,12,13). The summed E-state index contributed by atoms with van der Waals surface area (Å²) in [5.74, 6) is 0.142. The third kappa shape index (κ3) is 1.61. The summed E-state index contributed by atoms with van der Waals surface area (Å²) >= 11 is 0. The number of aromatic carboxylic acids is 1. The Bertz CT molecular complexity index is 365. The van der Waals surface area contributed by atoms with Crippen LogP contribution in [0.25, 0.3) is 0 Å². The third-order valence-corrected chi connectivity index (χ3v) is 1.97. The van der Waals surface area contributed by atoms with E-state index in [0.29, 0.717) is 18.2 Å². The maximum absolute atomic E-state index is 10.7. The van der Waals surface area contributed by atoms with Gasteiger partial charge in [0.15, 0.2) is 11.6 Å². The number of aromatic nitrogens is 1. The Kier molecular flexibility index (Phi) is 2.22. The highest BCUT2D eigenvalue weighted by Crippen LogP contribution is 2.24. The van der Waals surface area contributed by atoms with Crippen LogP contribution < -0.4 is 10.1 Å². The highest BCUT2D eigenvalue weighted by molar-refractivity contribution is 5.88. The number of fused-ring (bicyclic) bond motifs is 1. The summed E-state index contributed by atoms with van der Waals surface area (Å²) in [6.07, 6.45) is 2.21. The van der Waals surface area contributed by atoms with Crippen molar-refractivity contribution in [2.75, 3.05) is 18.5 Å². The van der Waals surface area contributed by atoms with E-state index in [4.69, 9.17) is 9.84 Å². The van der Waals surface area contributed by atoms with Gasteiger partial charge in [-0.05, 0) is 6.42 Å². The average Bonchev–Trinajstić information content (AvgIpc) is 2.41. The van der Waals surface area contributed by atoms with E-state index in [0.717, 1.165) is 13.0 Å². The SMILES string of the molecule is O=C(O)c1cnc2c(c1)OCCCN2. The maximum atomic E-state index is 10.7. The molecular formula is C9H10N2O3. The van der Waals surface area contributed by atoms with Gasteiger partial charge in [0.2, 0.25) is 0 Å². The Morgan fingerprint density at radius 1 is 1.64 bits per heavy atom. The number of nitrogens with zero attached hydrogens (tertiary/aromatic N) is 1. The number of anilines is 1. The Morgan fingerprint density at radius 3 is 3.29 bits per heavy atom. The van der Waals surface area contributed by atoms with Crippen LogP contribution in [-0.4, -0.2) is 29.2 Å². The fraction of sp³-hybridized carbons (Fsp3) is 0.333. The number of carboxylic acids is 1. The van der Waals surface area contributed by atoms with Gasteiger partial charge in [0.05, 0.1) is 12.2 Å². The Hall–Kier alpha value is -1.78. The number of carbonyl (C=O) groups is 1. The monoisotopic (exact) mass is 194 g/mol. The van der Waals surface area contributed by atoms with E-state index in [-0.39, 0.29) is 5.56 Å². The molecule has 14 heavy (non-hydrogen) atoms. The number of pyridine rings is 1. The van der Waals surface area contributed by atoms with Crippen LogP contribution in [-0.2, 0) is 0 Å². The molecule has 0 atom stereocenters. The summed E-state index contributed by atoms with van der Waals surface area (Å²) in [5.41, 5.74) is 0.146. The molecule has 74 valence electrons. The minimum absolute atomic E-state index is 0.146. The molecule has 0 spiro atoms. The number of ether oxygens (including phenoxy) is 1. The van der Waals surface area contributed by atoms with Gasteiger partial charge in [0.1, 0.15) is 0 Å². The van der Waals surface area contributed by atoms with Crippen LogP contribution in [0, 0.1) is 0 Å². The first-order chi connectivity index (χ1) is 6.77. The molecule has 0 fully saturated rings. The van der Waals surface area contributed by atoms with Gasteiger partial charge in [-0.3, -0.25) is 0 Å². The number of hydrogen-bond donors (Lipinski definition) is 2. The minimum Gasteiger partial charge on any atom is -0.490 e. The van der Waals surface area contributed by atoms with Crippen LogP contribution in [0.2, 0.25) is 0 Å². The van der Waals surface area contributed by atoms with Gasteiger partial charge >= 0.3 is 5.97 Å². The number of nitrogens with one attached hydrogen (secondary N) is 1. The topological polar surface area (TPSA) is 71.5 Å². The lowest BCUT2D eigenvalue weighted by molar-refractivity contribution is 0.0696. The number of rotatable bonds is 1. The van der Waals surface area contributed by atoms with Crippen molar-refractivity contribution in [1.82, 2.24) is 4.98 Å². The zero-order chi connectivity index (χ0) is 9.97. The highest BCUT2D eigenvalue weighted by atomic mass is 16.5. The molecule has 0 unspecified atom stereocenters. The quantitative estimate of drug-likeness (QED) is 0.697. The van der Waals surface area contributed by atoms with Gasteiger partial charge in [0.25, 0.3) is 0 Å². The zero-order valence-electron chi connectivity index (χ0n) is 7.49. The molecule has 0 aliphatic carbocycles. The van der Waals surface area contributed by atoms with Gasteiger partial charge in [-0.1, -0.05) is 0 Å². The second-order valence-corrected chi connectivity index (χ2v) is 3.00. The average molecular weight is 194 g/mol. The maximum Gasteiger partial charge on any atom is 0.337 e. The molecule has 1 aliphatic rings. The van der Waals surface area contributed by atoms with Crippen molar-refractivity contribution in [3.63, 3.8) is 0 Å². The van der Waals surface area contributed by atoms with Crippen LogP contribution in [0.15, 0.2) is 12.3 Å². The molecule has 0 amide bonds. The second kappa shape index (κ2) is 3.53. The zero-order valence-corrected chi connectivity index (χ0v) is 7.49. The smallest absolute Gasteiger partial charge is 0.337 e. The molecule has 5 nitrogen and oxygen atoms in total. The number of carboxylic acid groups (broad SMARTS) is 1. The highest BCUT2D eigenvalue weighted by Gasteiger charge is 2.12. The fourth-order valence-corrected chi connectivity index (χ4v) is 1.27. The minimum atomic E-state index is -0.992. The van der Waals surface area contributed by atoms with Crippen molar-refractivity contribution in [3.05, 3.63) is 17.8 Å². The van der Waals surface area contributed by atoms with Crippen LogP contribution in [0.5, 0.6) is 5.75 Å². The molecule has 0 saturated carbocycles. The van der Waals surface area contributed by atoms with Crippen LogP contribution >= 0.6 is 0 Å². The van der Waals surface area contributed by atoms with E-state index in [1.807, 2.05) is 0 Å². The van der Waals surface area contributed by atoms with Gasteiger partial charge in [-0.15, -0.1) is 0 Å². The molecule has 5 heteroatoms. The molecule has 1 aromatic heterocycles. The van der Waals surface area contributed by atoms with E-state index in [9.17, 15) is 4.79 Å². The summed E-state index contributed by atoms with van der Waals surface area (Å²) in [7, 11) is 0. The van der Waals surface area contributed by atoms with Crippen LogP contribution in [0.1, 0.15) is 16.8 Å². The summed E-state index contributed by atoms with van der Waals surface area (Å²) in [5, 5.41) is 11.8. The van der Waals surface area contributed by atoms with Crippen molar-refractivity contribution in [3.8, 4) is 5.75 Å². The largest absolute Gasteiger partial charge is 0.490 e. The summed E-state index contributed by atoms with van der Waals surface area (Å²) in [6, 6.07) is 1.49. The second-order valence-electron chi connectivity index (χ2n) is 3.00. The van der Waals surface area contributed by atoms with E-state index >= 15 is 0 Å². The molecule has 2 rings (SSSR count). The first kappa shape index (κ1) is 8.80. The molecule has 1 aliphatic heterocycles.